The smallest absolute Gasteiger partial charge is 0.260 e. The number of aromatic nitrogens is 1. The molecule has 1 saturated heterocycles. The molecule has 1 aliphatic rings. The molecule has 9 nitrogen and oxygen atoms in total. The van der Waals surface area contributed by atoms with Gasteiger partial charge in [-0.25, -0.2) is 4.98 Å². The molecule has 200 valence electrons. The van der Waals surface area contributed by atoms with Crippen LogP contribution in [-0.4, -0.2) is 64.2 Å². The van der Waals surface area contributed by atoms with Crippen molar-refractivity contribution in [2.45, 2.75) is 39.7 Å². The van der Waals surface area contributed by atoms with Crippen LogP contribution < -0.4 is 28.6 Å². The fourth-order valence-corrected chi connectivity index (χ4v) is 5.38. The number of nitrogens with zero attached hydrogens (tertiary/aromatic N) is 2. The quantitative estimate of drug-likeness (QED) is 0.310. The molecule has 0 N–H and O–H groups in total. The highest BCUT2D eigenvalue weighted by Crippen LogP contribution is 2.42. The third kappa shape index (κ3) is 5.70. The molecule has 37 heavy (non-hydrogen) atoms. The van der Waals surface area contributed by atoms with Gasteiger partial charge < -0.3 is 28.4 Å². The Balaban J connectivity index is 1.82. The summed E-state index contributed by atoms with van der Waals surface area (Å²) < 4.78 is 35.3. The van der Waals surface area contributed by atoms with E-state index in [1.807, 2.05) is 32.9 Å². The molecule has 2 heterocycles. The summed E-state index contributed by atoms with van der Waals surface area (Å²) in [6.07, 6.45) is 1.75. The SMILES string of the molecule is CCOc1cc(C(=O)N(CC2CCCO2)c2nc3c(OC)ccc(OC)c3s2)cc(OCC)c1OCC. The van der Waals surface area contributed by atoms with Crippen LogP contribution in [-0.2, 0) is 4.74 Å². The van der Waals surface area contributed by atoms with Gasteiger partial charge >= 0.3 is 0 Å². The molecule has 2 aromatic carbocycles. The number of hydrogen-bond donors (Lipinski definition) is 0. The Morgan fingerprint density at radius 2 is 1.65 bits per heavy atom. The number of carbonyl (C=O) groups excluding carboxylic acids is 1. The monoisotopic (exact) mass is 530 g/mol. The number of carbonyl (C=O) groups is 1. The predicted molar refractivity (Wildman–Crippen MR) is 143 cm³/mol. The molecular formula is C27H34N2O7S. The lowest BCUT2D eigenvalue weighted by atomic mass is 10.1. The molecule has 0 radical (unpaired) electrons. The summed E-state index contributed by atoms with van der Waals surface area (Å²) in [7, 11) is 3.21. The number of benzene rings is 2. The Bertz CT molecular complexity index is 1150. The molecule has 10 heteroatoms. The first kappa shape index (κ1) is 26.8. The fraction of sp³-hybridized carbons (Fsp3) is 0.481. The highest BCUT2D eigenvalue weighted by Gasteiger charge is 2.30. The Hall–Kier alpha value is -3.24. The van der Waals surface area contributed by atoms with Gasteiger partial charge in [0.1, 0.15) is 21.7 Å². The van der Waals surface area contributed by atoms with Crippen LogP contribution in [0.15, 0.2) is 24.3 Å². The van der Waals surface area contributed by atoms with Crippen molar-refractivity contribution >= 4 is 32.6 Å². The van der Waals surface area contributed by atoms with Crippen molar-refractivity contribution in [2.24, 2.45) is 0 Å². The van der Waals surface area contributed by atoms with Crippen LogP contribution in [0.3, 0.4) is 0 Å². The maximum absolute atomic E-state index is 14.1. The van der Waals surface area contributed by atoms with E-state index < -0.39 is 0 Å². The van der Waals surface area contributed by atoms with Crippen molar-refractivity contribution in [1.29, 1.82) is 0 Å². The van der Waals surface area contributed by atoms with E-state index >= 15 is 0 Å². The maximum atomic E-state index is 14.1. The average Bonchev–Trinajstić information content (AvgIpc) is 3.58. The summed E-state index contributed by atoms with van der Waals surface area (Å²) in [5, 5.41) is 0.531. The lowest BCUT2D eigenvalue weighted by Crippen LogP contribution is -2.37. The first-order chi connectivity index (χ1) is 18.0. The van der Waals surface area contributed by atoms with Gasteiger partial charge in [0.05, 0.1) is 46.7 Å². The number of ether oxygens (including phenoxy) is 6. The van der Waals surface area contributed by atoms with E-state index in [1.54, 1.807) is 31.3 Å². The number of thiazole rings is 1. The van der Waals surface area contributed by atoms with E-state index in [9.17, 15) is 4.79 Å². The van der Waals surface area contributed by atoms with Crippen LogP contribution in [0, 0.1) is 0 Å². The molecule has 0 spiro atoms. The number of hydrogen-bond acceptors (Lipinski definition) is 9. The molecule has 3 aromatic rings. The van der Waals surface area contributed by atoms with Gasteiger partial charge in [-0.2, -0.15) is 0 Å². The second-order valence-corrected chi connectivity index (χ2v) is 9.27. The summed E-state index contributed by atoms with van der Waals surface area (Å²) in [4.78, 5) is 20.6. The van der Waals surface area contributed by atoms with Crippen molar-refractivity contribution in [3.8, 4) is 28.7 Å². The Kier molecular flexibility index (Phi) is 8.94. The van der Waals surface area contributed by atoms with Gasteiger partial charge in [0.15, 0.2) is 16.6 Å². The number of anilines is 1. The first-order valence-corrected chi connectivity index (χ1v) is 13.4. The highest BCUT2D eigenvalue weighted by molar-refractivity contribution is 7.22. The van der Waals surface area contributed by atoms with Crippen LogP contribution in [0.2, 0.25) is 0 Å². The van der Waals surface area contributed by atoms with E-state index in [-0.39, 0.29) is 12.0 Å². The Morgan fingerprint density at radius 1 is 1.00 bits per heavy atom. The van der Waals surface area contributed by atoms with Crippen molar-refractivity contribution in [2.75, 3.05) is 52.1 Å². The van der Waals surface area contributed by atoms with Crippen LogP contribution in [0.4, 0.5) is 5.13 Å². The molecule has 4 rings (SSSR count). The third-order valence-corrected chi connectivity index (χ3v) is 7.03. The largest absolute Gasteiger partial charge is 0.495 e. The minimum absolute atomic E-state index is 0.0832. The standard InChI is InChI=1S/C27H34N2O7S/c1-6-33-21-14-17(15-22(34-7-2)24(21)35-8-3)26(30)29(16-18-10-9-13-36-18)27-28-23-19(31-4)11-12-20(32-5)25(23)37-27/h11-12,14-15,18H,6-10,13,16H2,1-5H3. The van der Waals surface area contributed by atoms with Crippen LogP contribution in [0.5, 0.6) is 28.7 Å². The van der Waals surface area contributed by atoms with Crippen molar-refractivity contribution in [3.05, 3.63) is 29.8 Å². The summed E-state index contributed by atoms with van der Waals surface area (Å²) in [5.41, 5.74) is 1.05. The normalized spacial score (nSPS) is 15.0. The van der Waals surface area contributed by atoms with Gasteiger partial charge in [0.2, 0.25) is 5.75 Å². The number of amides is 1. The minimum atomic E-state index is -0.238. The molecular weight excluding hydrogens is 496 g/mol. The van der Waals surface area contributed by atoms with E-state index in [0.29, 0.717) is 77.9 Å². The molecule has 0 aliphatic carbocycles. The molecule has 1 unspecified atom stereocenters. The summed E-state index contributed by atoms with van der Waals surface area (Å²) in [5.74, 6) is 2.45. The molecule has 1 aliphatic heterocycles. The summed E-state index contributed by atoms with van der Waals surface area (Å²) in [6.45, 7) is 7.98. The van der Waals surface area contributed by atoms with Gasteiger partial charge in [-0.3, -0.25) is 9.69 Å². The summed E-state index contributed by atoms with van der Waals surface area (Å²) >= 11 is 1.38. The lowest BCUT2D eigenvalue weighted by molar-refractivity contribution is 0.0916. The van der Waals surface area contributed by atoms with Crippen LogP contribution in [0.1, 0.15) is 44.0 Å². The zero-order chi connectivity index (χ0) is 26.4. The van der Waals surface area contributed by atoms with Gasteiger partial charge in [0, 0.05) is 12.2 Å². The Labute approximate surface area is 221 Å². The van der Waals surface area contributed by atoms with Crippen molar-refractivity contribution in [1.82, 2.24) is 4.98 Å². The molecule has 1 atom stereocenters. The van der Waals surface area contributed by atoms with Crippen molar-refractivity contribution < 1.29 is 33.2 Å². The minimum Gasteiger partial charge on any atom is -0.495 e. The van der Waals surface area contributed by atoms with Gasteiger partial charge in [0.25, 0.3) is 5.91 Å². The van der Waals surface area contributed by atoms with Gasteiger partial charge in [-0.15, -0.1) is 0 Å². The maximum Gasteiger partial charge on any atom is 0.260 e. The Morgan fingerprint density at radius 3 is 2.22 bits per heavy atom. The number of fused-ring (bicyclic) bond motifs is 1. The second-order valence-electron chi connectivity index (χ2n) is 8.30. The van der Waals surface area contributed by atoms with Gasteiger partial charge in [-0.05, 0) is 57.9 Å². The zero-order valence-corrected chi connectivity index (χ0v) is 22.8. The first-order valence-electron chi connectivity index (χ1n) is 12.6. The molecule has 1 amide bonds. The molecule has 1 fully saturated rings. The van der Waals surface area contributed by atoms with Crippen molar-refractivity contribution in [3.63, 3.8) is 0 Å². The lowest BCUT2D eigenvalue weighted by Gasteiger charge is -2.24. The van der Waals surface area contributed by atoms with Crippen LogP contribution >= 0.6 is 11.3 Å². The summed E-state index contributed by atoms with van der Waals surface area (Å²) in [6, 6.07) is 7.06. The zero-order valence-electron chi connectivity index (χ0n) is 22.0. The average molecular weight is 531 g/mol. The predicted octanol–water partition coefficient (Wildman–Crippen LogP) is 5.34. The van der Waals surface area contributed by atoms with Crippen LogP contribution in [0.25, 0.3) is 10.2 Å². The van der Waals surface area contributed by atoms with E-state index in [4.69, 9.17) is 33.4 Å². The third-order valence-electron chi connectivity index (χ3n) is 5.94. The number of methoxy groups -OCH3 is 2. The fourth-order valence-electron chi connectivity index (χ4n) is 4.30. The van der Waals surface area contributed by atoms with E-state index in [1.165, 1.54) is 11.3 Å². The number of rotatable bonds is 12. The topological polar surface area (TPSA) is 88.6 Å². The molecule has 1 aromatic heterocycles. The highest BCUT2D eigenvalue weighted by atomic mass is 32.1. The van der Waals surface area contributed by atoms with E-state index in [2.05, 4.69) is 0 Å². The second kappa shape index (κ2) is 12.3. The molecule has 0 saturated carbocycles. The van der Waals surface area contributed by atoms with Gasteiger partial charge in [-0.1, -0.05) is 11.3 Å². The molecule has 0 bridgehead atoms. The van der Waals surface area contributed by atoms with E-state index in [0.717, 1.165) is 17.5 Å².